The second kappa shape index (κ2) is 10.7. The smallest absolute Gasteiger partial charge is 0.220 e. The second-order valence-electron chi connectivity index (χ2n) is 5.54. The molecule has 1 N–H and O–H groups in total. The molecule has 0 radical (unpaired) electrons. The van der Waals surface area contributed by atoms with Crippen LogP contribution in [0, 0.1) is 0 Å². The number of carbonyl (C=O) groups excluding carboxylic acids is 1. The molecule has 0 heterocycles. The van der Waals surface area contributed by atoms with Gasteiger partial charge in [0.15, 0.2) is 0 Å². The summed E-state index contributed by atoms with van der Waals surface area (Å²) in [6.07, 6.45) is 2.02. The summed E-state index contributed by atoms with van der Waals surface area (Å²) >= 11 is 1.81. The average molecular weight is 359 g/mol. The number of hydrogen-bond donors (Lipinski definition) is 1. The van der Waals surface area contributed by atoms with Crippen LogP contribution in [0.25, 0.3) is 0 Å². The number of methoxy groups -OCH3 is 2. The summed E-state index contributed by atoms with van der Waals surface area (Å²) in [6, 6.07) is 15.9. The summed E-state index contributed by atoms with van der Waals surface area (Å²) in [5.74, 6) is 2.62. The first-order valence-corrected chi connectivity index (χ1v) is 9.37. The maximum atomic E-state index is 12.0. The molecule has 2 rings (SSSR count). The lowest BCUT2D eigenvalue weighted by Gasteiger charge is -2.10. The number of thioether (sulfide) groups is 1. The van der Waals surface area contributed by atoms with Crippen LogP contribution in [-0.4, -0.2) is 32.4 Å². The third kappa shape index (κ3) is 6.70. The van der Waals surface area contributed by atoms with E-state index in [1.165, 1.54) is 4.90 Å². The highest BCUT2D eigenvalue weighted by molar-refractivity contribution is 7.99. The Kier molecular flexibility index (Phi) is 8.19. The lowest BCUT2D eigenvalue weighted by Crippen LogP contribution is -2.25. The SMILES string of the molecule is COc1ccc(OC)c(CCC(=O)NCCCSc2ccccc2)c1. The molecule has 5 heteroatoms. The highest BCUT2D eigenvalue weighted by atomic mass is 32.2. The zero-order valence-corrected chi connectivity index (χ0v) is 15.6. The predicted octanol–water partition coefficient (Wildman–Crippen LogP) is 3.94. The van der Waals surface area contributed by atoms with Crippen molar-refractivity contribution >= 4 is 17.7 Å². The molecule has 0 aliphatic heterocycles. The molecule has 0 aromatic heterocycles. The van der Waals surface area contributed by atoms with E-state index in [1.807, 2.05) is 48.2 Å². The lowest BCUT2D eigenvalue weighted by atomic mass is 10.1. The van der Waals surface area contributed by atoms with E-state index in [0.717, 1.165) is 29.2 Å². The van der Waals surface area contributed by atoms with Crippen molar-refractivity contribution in [3.8, 4) is 11.5 Å². The molecule has 25 heavy (non-hydrogen) atoms. The number of rotatable bonds is 10. The number of nitrogens with one attached hydrogen (secondary N) is 1. The predicted molar refractivity (Wildman–Crippen MR) is 103 cm³/mol. The molecule has 0 atom stereocenters. The molecule has 0 aliphatic carbocycles. The molecular formula is C20H25NO3S. The summed E-state index contributed by atoms with van der Waals surface area (Å²) in [5.41, 5.74) is 0.983. The van der Waals surface area contributed by atoms with Crippen LogP contribution < -0.4 is 14.8 Å². The maximum absolute atomic E-state index is 12.0. The molecule has 2 aromatic rings. The van der Waals surface area contributed by atoms with Crippen molar-refractivity contribution in [3.63, 3.8) is 0 Å². The Morgan fingerprint density at radius 2 is 1.88 bits per heavy atom. The minimum atomic E-state index is 0.0644. The van der Waals surface area contributed by atoms with E-state index in [-0.39, 0.29) is 5.91 Å². The van der Waals surface area contributed by atoms with Crippen LogP contribution >= 0.6 is 11.8 Å². The largest absolute Gasteiger partial charge is 0.497 e. The van der Waals surface area contributed by atoms with Gasteiger partial charge in [0.05, 0.1) is 14.2 Å². The van der Waals surface area contributed by atoms with Crippen molar-refractivity contribution in [1.29, 1.82) is 0 Å². The maximum Gasteiger partial charge on any atom is 0.220 e. The number of ether oxygens (including phenoxy) is 2. The van der Waals surface area contributed by atoms with Gasteiger partial charge in [0, 0.05) is 17.9 Å². The Bertz CT molecular complexity index is 661. The third-order valence-corrected chi connectivity index (χ3v) is 4.86. The number of amides is 1. The molecule has 0 fully saturated rings. The summed E-state index contributed by atoms with van der Waals surface area (Å²) in [7, 11) is 3.27. The molecule has 0 bridgehead atoms. The Morgan fingerprint density at radius 1 is 1.08 bits per heavy atom. The van der Waals surface area contributed by atoms with E-state index in [4.69, 9.17) is 9.47 Å². The first-order valence-electron chi connectivity index (χ1n) is 8.38. The standard InChI is InChI=1S/C20H25NO3S/c1-23-17-10-11-19(24-2)16(15-17)9-12-20(22)21-13-6-14-25-18-7-4-3-5-8-18/h3-5,7-8,10-11,15H,6,9,12-14H2,1-2H3,(H,21,22). The molecule has 0 saturated carbocycles. The molecule has 134 valence electrons. The number of hydrogen-bond acceptors (Lipinski definition) is 4. The zero-order valence-electron chi connectivity index (χ0n) is 14.8. The van der Waals surface area contributed by atoms with E-state index in [2.05, 4.69) is 17.4 Å². The third-order valence-electron chi connectivity index (χ3n) is 3.76. The first kappa shape index (κ1) is 19.2. The van der Waals surface area contributed by atoms with Crippen molar-refractivity contribution in [2.24, 2.45) is 0 Å². The van der Waals surface area contributed by atoms with E-state index in [1.54, 1.807) is 14.2 Å². The molecule has 0 aliphatic rings. The molecular weight excluding hydrogens is 334 g/mol. The zero-order chi connectivity index (χ0) is 17.9. The monoisotopic (exact) mass is 359 g/mol. The van der Waals surface area contributed by atoms with Crippen LogP contribution in [-0.2, 0) is 11.2 Å². The van der Waals surface area contributed by atoms with Gasteiger partial charge >= 0.3 is 0 Å². The highest BCUT2D eigenvalue weighted by Crippen LogP contribution is 2.25. The number of carbonyl (C=O) groups is 1. The molecule has 1 amide bonds. The molecule has 0 spiro atoms. The molecule has 4 nitrogen and oxygen atoms in total. The quantitative estimate of drug-likeness (QED) is 0.516. The molecule has 0 saturated heterocycles. The van der Waals surface area contributed by atoms with Crippen molar-refractivity contribution in [3.05, 3.63) is 54.1 Å². The van der Waals surface area contributed by atoms with Crippen LogP contribution in [0.3, 0.4) is 0 Å². The van der Waals surface area contributed by atoms with Crippen molar-refractivity contribution < 1.29 is 14.3 Å². The van der Waals surface area contributed by atoms with Crippen LogP contribution in [0.15, 0.2) is 53.4 Å². The fourth-order valence-corrected chi connectivity index (χ4v) is 3.29. The Morgan fingerprint density at radius 3 is 2.60 bits per heavy atom. The number of aryl methyl sites for hydroxylation is 1. The number of benzene rings is 2. The van der Waals surface area contributed by atoms with Gasteiger partial charge in [-0.25, -0.2) is 0 Å². The average Bonchev–Trinajstić information content (AvgIpc) is 2.66. The van der Waals surface area contributed by atoms with E-state index >= 15 is 0 Å². The van der Waals surface area contributed by atoms with Gasteiger partial charge in [0.1, 0.15) is 11.5 Å². The van der Waals surface area contributed by atoms with E-state index in [0.29, 0.717) is 19.4 Å². The van der Waals surface area contributed by atoms with E-state index in [9.17, 15) is 4.79 Å². The van der Waals surface area contributed by atoms with Crippen LogP contribution in [0.1, 0.15) is 18.4 Å². The lowest BCUT2D eigenvalue weighted by molar-refractivity contribution is -0.121. The normalized spacial score (nSPS) is 10.3. The van der Waals surface area contributed by atoms with Crippen LogP contribution in [0.4, 0.5) is 0 Å². The first-order chi connectivity index (χ1) is 12.2. The van der Waals surface area contributed by atoms with Gasteiger partial charge in [0.25, 0.3) is 0 Å². The summed E-state index contributed by atoms with van der Waals surface area (Å²) in [5, 5.41) is 2.98. The van der Waals surface area contributed by atoms with Gasteiger partial charge < -0.3 is 14.8 Å². The fraction of sp³-hybridized carbons (Fsp3) is 0.350. The van der Waals surface area contributed by atoms with Crippen molar-refractivity contribution in [1.82, 2.24) is 5.32 Å². The topological polar surface area (TPSA) is 47.6 Å². The Balaban J connectivity index is 1.67. The summed E-state index contributed by atoms with van der Waals surface area (Å²) in [4.78, 5) is 13.3. The highest BCUT2D eigenvalue weighted by Gasteiger charge is 2.08. The van der Waals surface area contributed by atoms with Crippen LogP contribution in [0.5, 0.6) is 11.5 Å². The van der Waals surface area contributed by atoms with Gasteiger partial charge in [-0.15, -0.1) is 11.8 Å². The van der Waals surface area contributed by atoms with Gasteiger partial charge in [-0.2, -0.15) is 0 Å². The fourth-order valence-electron chi connectivity index (χ4n) is 2.42. The van der Waals surface area contributed by atoms with Crippen molar-refractivity contribution in [2.75, 3.05) is 26.5 Å². The minimum Gasteiger partial charge on any atom is -0.497 e. The summed E-state index contributed by atoms with van der Waals surface area (Å²) < 4.78 is 10.6. The second-order valence-corrected chi connectivity index (χ2v) is 6.71. The summed E-state index contributed by atoms with van der Waals surface area (Å²) in [6.45, 7) is 0.702. The minimum absolute atomic E-state index is 0.0644. The van der Waals surface area contributed by atoms with Gasteiger partial charge in [-0.05, 0) is 54.5 Å². The Hall–Kier alpha value is -2.14. The molecule has 2 aromatic carbocycles. The Labute approximate surface area is 153 Å². The van der Waals surface area contributed by atoms with E-state index < -0.39 is 0 Å². The molecule has 0 unspecified atom stereocenters. The van der Waals surface area contributed by atoms with Gasteiger partial charge in [0.2, 0.25) is 5.91 Å². The van der Waals surface area contributed by atoms with Crippen molar-refractivity contribution in [2.45, 2.75) is 24.2 Å². The van der Waals surface area contributed by atoms with Gasteiger partial charge in [-0.3, -0.25) is 4.79 Å². The van der Waals surface area contributed by atoms with Gasteiger partial charge in [-0.1, -0.05) is 18.2 Å². The van der Waals surface area contributed by atoms with Crippen LogP contribution in [0.2, 0.25) is 0 Å².